The minimum Gasteiger partial charge on any atom is -0.506 e. The molecule has 0 bridgehead atoms. The Hall–Kier alpha value is -2.51. The third-order valence-electron chi connectivity index (χ3n) is 4.36. The van der Waals surface area contributed by atoms with E-state index in [0.29, 0.717) is 11.6 Å². The molecular formula is C17H15Cl2N5O2. The Morgan fingerprint density at radius 1 is 1.31 bits per heavy atom. The molecule has 7 nitrogen and oxygen atoms in total. The van der Waals surface area contributed by atoms with Crippen molar-refractivity contribution in [3.8, 4) is 5.75 Å². The Morgan fingerprint density at radius 3 is 3.00 bits per heavy atom. The van der Waals surface area contributed by atoms with Gasteiger partial charge >= 0.3 is 0 Å². The molecule has 0 spiro atoms. The summed E-state index contributed by atoms with van der Waals surface area (Å²) in [5.74, 6) is 0.147. The number of nitrogens with one attached hydrogen (secondary N) is 1. The second-order valence-electron chi connectivity index (χ2n) is 6.11. The highest BCUT2D eigenvalue weighted by Gasteiger charge is 2.26. The van der Waals surface area contributed by atoms with Gasteiger partial charge in [-0.15, -0.1) is 5.10 Å². The fourth-order valence-electron chi connectivity index (χ4n) is 3.06. The average Bonchev–Trinajstić information content (AvgIpc) is 3.26. The van der Waals surface area contributed by atoms with Crippen LogP contribution in [0.3, 0.4) is 0 Å². The van der Waals surface area contributed by atoms with Crippen LogP contribution >= 0.6 is 23.2 Å². The lowest BCUT2D eigenvalue weighted by atomic mass is 10.1. The standard InChI is InChI=1S/C17H15Cl2N5O2/c18-10-7-12(16(25)13(19)8-10)17(26)21-11-3-5-23(9-11)15-2-1-14-20-4-6-24(14)22-15/h1-2,4,6-8,11,25H,3,5,9H2,(H,21,26)/t11-/m0/s1. The van der Waals surface area contributed by atoms with Gasteiger partial charge in [0.05, 0.1) is 10.6 Å². The Morgan fingerprint density at radius 2 is 2.15 bits per heavy atom. The van der Waals surface area contributed by atoms with Crippen molar-refractivity contribution < 1.29 is 9.90 Å². The molecule has 2 aromatic heterocycles. The second kappa shape index (κ2) is 6.66. The van der Waals surface area contributed by atoms with Crippen molar-refractivity contribution in [2.45, 2.75) is 12.5 Å². The number of nitrogens with zero attached hydrogens (tertiary/aromatic N) is 4. The van der Waals surface area contributed by atoms with Gasteiger partial charge < -0.3 is 15.3 Å². The number of anilines is 1. The summed E-state index contributed by atoms with van der Waals surface area (Å²) in [6.45, 7) is 1.38. The molecule has 3 aromatic rings. The molecule has 1 saturated heterocycles. The number of amides is 1. The molecule has 1 aliphatic rings. The van der Waals surface area contributed by atoms with Crippen molar-refractivity contribution in [1.82, 2.24) is 19.9 Å². The van der Waals surface area contributed by atoms with Gasteiger partial charge in [-0.2, -0.15) is 0 Å². The van der Waals surface area contributed by atoms with Gasteiger partial charge in [-0.1, -0.05) is 23.2 Å². The molecule has 0 aliphatic carbocycles. The molecular weight excluding hydrogens is 377 g/mol. The van der Waals surface area contributed by atoms with Gasteiger partial charge in [-0.05, 0) is 30.7 Å². The van der Waals surface area contributed by atoms with Crippen LogP contribution in [0.1, 0.15) is 16.8 Å². The predicted molar refractivity (Wildman–Crippen MR) is 99.2 cm³/mol. The minimum atomic E-state index is -0.406. The zero-order chi connectivity index (χ0) is 18.3. The monoisotopic (exact) mass is 391 g/mol. The van der Waals surface area contributed by atoms with Crippen LogP contribution in [0.2, 0.25) is 10.0 Å². The maximum Gasteiger partial charge on any atom is 0.255 e. The van der Waals surface area contributed by atoms with Gasteiger partial charge in [0.25, 0.3) is 5.91 Å². The topological polar surface area (TPSA) is 82.8 Å². The number of phenolic OH excluding ortho intramolecular Hbond substituents is 1. The van der Waals surface area contributed by atoms with Crippen LogP contribution in [0.25, 0.3) is 5.65 Å². The first-order chi connectivity index (χ1) is 12.5. The fraction of sp³-hybridized carbons (Fsp3) is 0.235. The van der Waals surface area contributed by atoms with Crippen LogP contribution in [-0.2, 0) is 0 Å². The summed E-state index contributed by atoms with van der Waals surface area (Å²) in [6.07, 6.45) is 4.26. The summed E-state index contributed by atoms with van der Waals surface area (Å²) in [7, 11) is 0. The molecule has 134 valence electrons. The number of halogens is 2. The van der Waals surface area contributed by atoms with E-state index in [9.17, 15) is 9.90 Å². The van der Waals surface area contributed by atoms with Gasteiger partial charge in [-0.25, -0.2) is 9.50 Å². The maximum atomic E-state index is 12.5. The van der Waals surface area contributed by atoms with Crippen molar-refractivity contribution in [1.29, 1.82) is 0 Å². The largest absolute Gasteiger partial charge is 0.506 e. The van der Waals surface area contributed by atoms with Gasteiger partial charge in [-0.3, -0.25) is 4.79 Å². The van der Waals surface area contributed by atoms with Crippen LogP contribution in [0.5, 0.6) is 5.75 Å². The summed E-state index contributed by atoms with van der Waals surface area (Å²) >= 11 is 11.8. The smallest absolute Gasteiger partial charge is 0.255 e. The van der Waals surface area contributed by atoms with E-state index in [0.717, 1.165) is 24.4 Å². The zero-order valence-corrected chi connectivity index (χ0v) is 15.1. The first kappa shape index (κ1) is 16.9. The Balaban J connectivity index is 1.46. The second-order valence-corrected chi connectivity index (χ2v) is 6.95. The van der Waals surface area contributed by atoms with E-state index in [4.69, 9.17) is 23.2 Å². The molecule has 1 aliphatic heterocycles. The Kier molecular flexibility index (Phi) is 4.34. The number of rotatable bonds is 3. The maximum absolute atomic E-state index is 12.5. The molecule has 0 unspecified atom stereocenters. The van der Waals surface area contributed by atoms with E-state index in [2.05, 4.69) is 20.3 Å². The van der Waals surface area contributed by atoms with Gasteiger partial charge in [0.15, 0.2) is 5.65 Å². The molecule has 4 rings (SSSR count). The highest BCUT2D eigenvalue weighted by atomic mass is 35.5. The third kappa shape index (κ3) is 3.15. The van der Waals surface area contributed by atoms with Crippen LogP contribution in [0, 0.1) is 0 Å². The molecule has 1 amide bonds. The molecule has 2 N–H and O–H groups in total. The fourth-order valence-corrected chi connectivity index (χ4v) is 3.56. The predicted octanol–water partition coefficient (Wildman–Crippen LogP) is 2.75. The van der Waals surface area contributed by atoms with E-state index in [1.165, 1.54) is 12.1 Å². The highest BCUT2D eigenvalue weighted by molar-refractivity contribution is 6.36. The van der Waals surface area contributed by atoms with Crippen molar-refractivity contribution in [2.24, 2.45) is 0 Å². The lowest BCUT2D eigenvalue weighted by Gasteiger charge is -2.18. The summed E-state index contributed by atoms with van der Waals surface area (Å²) in [6, 6.07) is 6.54. The molecule has 0 radical (unpaired) electrons. The highest BCUT2D eigenvalue weighted by Crippen LogP contribution is 2.31. The van der Waals surface area contributed by atoms with Crippen LogP contribution < -0.4 is 10.2 Å². The van der Waals surface area contributed by atoms with E-state index >= 15 is 0 Å². The van der Waals surface area contributed by atoms with Crippen LogP contribution in [-0.4, -0.2) is 44.7 Å². The lowest BCUT2D eigenvalue weighted by molar-refractivity contribution is 0.0937. The number of aromatic hydroxyl groups is 1. The zero-order valence-electron chi connectivity index (χ0n) is 13.6. The Labute approximate surface area is 159 Å². The van der Waals surface area contributed by atoms with E-state index in [1.54, 1.807) is 16.9 Å². The number of imidazole rings is 1. The molecule has 26 heavy (non-hydrogen) atoms. The Bertz CT molecular complexity index is 990. The number of hydrogen-bond donors (Lipinski definition) is 2. The SMILES string of the molecule is O=C(N[C@H]1CCN(c2ccc3nccn3n2)C1)c1cc(Cl)cc(Cl)c1O. The molecule has 1 aromatic carbocycles. The molecule has 0 saturated carbocycles. The normalized spacial score (nSPS) is 17.0. The van der Waals surface area contributed by atoms with Crippen LogP contribution in [0.4, 0.5) is 5.82 Å². The summed E-state index contributed by atoms with van der Waals surface area (Å²) in [5, 5.41) is 17.8. The average molecular weight is 392 g/mol. The number of hydrogen-bond acceptors (Lipinski definition) is 5. The summed E-state index contributed by atoms with van der Waals surface area (Å²) in [4.78, 5) is 18.7. The van der Waals surface area contributed by atoms with E-state index in [1.807, 2.05) is 12.1 Å². The number of aromatic nitrogens is 3. The molecule has 9 heteroatoms. The summed E-state index contributed by atoms with van der Waals surface area (Å²) < 4.78 is 1.72. The van der Waals surface area contributed by atoms with E-state index in [-0.39, 0.29) is 22.4 Å². The van der Waals surface area contributed by atoms with Crippen molar-refractivity contribution >= 4 is 40.6 Å². The first-order valence-corrected chi connectivity index (χ1v) is 8.81. The lowest BCUT2D eigenvalue weighted by Crippen LogP contribution is -2.37. The number of phenols is 1. The van der Waals surface area contributed by atoms with E-state index < -0.39 is 5.91 Å². The summed E-state index contributed by atoms with van der Waals surface area (Å²) in [5.41, 5.74) is 0.852. The number of fused-ring (bicyclic) bond motifs is 1. The third-order valence-corrected chi connectivity index (χ3v) is 4.87. The first-order valence-electron chi connectivity index (χ1n) is 8.05. The van der Waals surface area contributed by atoms with Gasteiger partial charge in [0.1, 0.15) is 11.6 Å². The molecule has 3 heterocycles. The number of benzene rings is 1. The van der Waals surface area contributed by atoms with Crippen LogP contribution in [0.15, 0.2) is 36.7 Å². The number of carbonyl (C=O) groups excluding carboxylic acids is 1. The van der Waals surface area contributed by atoms with Crippen molar-refractivity contribution in [3.63, 3.8) is 0 Å². The van der Waals surface area contributed by atoms with Gasteiger partial charge in [0.2, 0.25) is 0 Å². The van der Waals surface area contributed by atoms with Crippen molar-refractivity contribution in [3.05, 3.63) is 52.3 Å². The molecule has 1 atom stereocenters. The minimum absolute atomic E-state index is 0.0496. The molecule has 1 fully saturated rings. The van der Waals surface area contributed by atoms with Crippen molar-refractivity contribution in [2.75, 3.05) is 18.0 Å². The number of carbonyl (C=O) groups is 1. The quantitative estimate of drug-likeness (QED) is 0.716. The van der Waals surface area contributed by atoms with Gasteiger partial charge in [0, 0.05) is 36.5 Å².